The lowest BCUT2D eigenvalue weighted by atomic mass is 9.65. The molecule has 6 rings (SSSR count). The van der Waals surface area contributed by atoms with Gasteiger partial charge in [-0.05, 0) is 81.4 Å². The molecule has 1 aromatic carbocycles. The van der Waals surface area contributed by atoms with Crippen LogP contribution >= 0.6 is 0 Å². The largest absolute Gasteiger partial charge is 0.462 e. The van der Waals surface area contributed by atoms with Crippen LogP contribution in [0.5, 0.6) is 0 Å². The lowest BCUT2D eigenvalue weighted by Crippen LogP contribution is -2.54. The van der Waals surface area contributed by atoms with E-state index in [9.17, 15) is 38.7 Å². The van der Waals surface area contributed by atoms with Crippen molar-refractivity contribution in [1.29, 1.82) is 0 Å². The third kappa shape index (κ3) is 14.0. The number of carbonyl (C=O) groups excluding carboxylic acids is 7. The monoisotopic (exact) mass is 936 g/mol. The summed E-state index contributed by atoms with van der Waals surface area (Å²) in [4.78, 5) is 89.4. The number of cyclic esters (lactones) is 1. The second kappa shape index (κ2) is 24.3. The van der Waals surface area contributed by atoms with Crippen LogP contribution in [0.1, 0.15) is 106 Å². The van der Waals surface area contributed by atoms with Gasteiger partial charge in [0, 0.05) is 44.0 Å². The van der Waals surface area contributed by atoms with Gasteiger partial charge in [0.1, 0.15) is 18.2 Å². The summed E-state index contributed by atoms with van der Waals surface area (Å²) in [5, 5.41) is 18.3. The average Bonchev–Trinajstić information content (AvgIpc) is 3.53. The topological polar surface area (TPSA) is 234 Å². The van der Waals surface area contributed by atoms with E-state index in [0.717, 1.165) is 11.3 Å². The second-order valence-electron chi connectivity index (χ2n) is 18.8. The number of carbonyl (C=O) groups is 7. The van der Waals surface area contributed by atoms with Crippen molar-refractivity contribution >= 4 is 47.2 Å². The number of ether oxygens (including phenoxy) is 6. The molecule has 0 spiro atoms. The number of imide groups is 2. The van der Waals surface area contributed by atoms with E-state index in [-0.39, 0.29) is 90.5 Å². The maximum atomic E-state index is 13.7. The number of nitrogens with zero attached hydrogens (tertiary/aromatic N) is 1. The van der Waals surface area contributed by atoms with E-state index >= 15 is 0 Å². The minimum Gasteiger partial charge on any atom is -0.462 e. The standard InChI is InChI=1S/C49H68N4O14/c1-30-26-32-9-8-31(2)35(11-10-34-28-33(54)29-42(57)66-34)43(32)39(27-30)67-48(61)49(3,4)15-14-40(55)51-17-19-63-21-23-65-25-24-64-22-20-62-18-16-50-37-7-5-6-36-44(37)47(60)53(46(36)59)38-12-13-41(56)52-45(38)58/h5-9,26,30-31,33-35,38-39,43,50,54H,10-25,27-29H2,1-4H3,(H,51,55)(H,52,56,58)/t30-,31-,33+,34+,35-,38?,39-,43-/m0/s1. The molecule has 3 heterocycles. The Morgan fingerprint density at radius 2 is 1.58 bits per heavy atom. The quantitative estimate of drug-likeness (QED) is 0.0623. The van der Waals surface area contributed by atoms with Crippen molar-refractivity contribution in [3.63, 3.8) is 0 Å². The summed E-state index contributed by atoms with van der Waals surface area (Å²) in [5.74, 6) is -2.44. The number of hydrogen-bond acceptors (Lipinski definition) is 15. The zero-order valence-corrected chi connectivity index (χ0v) is 39.2. The van der Waals surface area contributed by atoms with Gasteiger partial charge in [0.05, 0.1) is 81.9 Å². The Balaban J connectivity index is 0.773. The fraction of sp³-hybridized carbons (Fsp3) is 0.653. The van der Waals surface area contributed by atoms with Gasteiger partial charge in [-0.2, -0.15) is 0 Å². The number of allylic oxidation sites excluding steroid dienone is 3. The number of hydrogen-bond donors (Lipinski definition) is 4. The molecular weight excluding hydrogens is 869 g/mol. The van der Waals surface area contributed by atoms with Gasteiger partial charge in [-0.25, -0.2) is 0 Å². The summed E-state index contributed by atoms with van der Waals surface area (Å²) in [6.45, 7) is 11.3. The van der Waals surface area contributed by atoms with Gasteiger partial charge in [-0.15, -0.1) is 0 Å². The summed E-state index contributed by atoms with van der Waals surface area (Å²) in [6, 6.07) is 3.85. The summed E-state index contributed by atoms with van der Waals surface area (Å²) < 4.78 is 34.2. The van der Waals surface area contributed by atoms with Gasteiger partial charge in [-0.3, -0.25) is 43.8 Å². The molecule has 18 heteroatoms. The minimum atomic E-state index is -1.03. The Labute approximate surface area is 392 Å². The molecule has 2 aliphatic carbocycles. The maximum Gasteiger partial charge on any atom is 0.311 e. The van der Waals surface area contributed by atoms with Gasteiger partial charge in [0.15, 0.2) is 0 Å². The fourth-order valence-corrected chi connectivity index (χ4v) is 9.50. The van der Waals surface area contributed by atoms with Gasteiger partial charge in [-0.1, -0.05) is 38.1 Å². The number of aliphatic hydroxyl groups is 1. The summed E-state index contributed by atoms with van der Waals surface area (Å²) in [7, 11) is 0. The predicted octanol–water partition coefficient (Wildman–Crippen LogP) is 3.65. The van der Waals surface area contributed by atoms with E-state index < -0.39 is 41.2 Å². The molecule has 4 N–H and O–H groups in total. The van der Waals surface area contributed by atoms with Crippen molar-refractivity contribution in [2.45, 2.75) is 110 Å². The van der Waals surface area contributed by atoms with E-state index in [1.54, 1.807) is 18.2 Å². The highest BCUT2D eigenvalue weighted by Crippen LogP contribution is 2.46. The van der Waals surface area contributed by atoms with Crippen LogP contribution in [-0.4, -0.2) is 142 Å². The number of piperidine rings is 1. The molecule has 1 unspecified atom stereocenters. The highest BCUT2D eigenvalue weighted by atomic mass is 16.6. The number of nitrogens with one attached hydrogen (secondary N) is 3. The molecule has 5 aliphatic rings. The SMILES string of the molecule is C[C@H]1C=C2C=C[C@H](C)[C@H](CC[C@@H]3C[C@@H](O)CC(=O)O3)[C@H]2[C@@H](OC(=O)C(C)(C)CCC(=O)NCCOCCOCCOCCOCCNc2cccc3c2C(=O)N(C2CCC(=O)NC2=O)C3=O)C1. The van der Waals surface area contributed by atoms with E-state index in [0.29, 0.717) is 97.3 Å². The summed E-state index contributed by atoms with van der Waals surface area (Å²) in [5.41, 5.74) is 1.14. The zero-order valence-electron chi connectivity index (χ0n) is 39.2. The second-order valence-corrected chi connectivity index (χ2v) is 18.8. The zero-order chi connectivity index (χ0) is 48.1. The summed E-state index contributed by atoms with van der Waals surface area (Å²) in [6.07, 6.45) is 8.51. The molecule has 0 aromatic heterocycles. The maximum absolute atomic E-state index is 13.7. The first-order valence-electron chi connectivity index (χ1n) is 23.8. The van der Waals surface area contributed by atoms with Gasteiger partial charge in [0.25, 0.3) is 11.8 Å². The Bertz CT molecular complexity index is 2020. The van der Waals surface area contributed by atoms with Crippen molar-refractivity contribution in [1.82, 2.24) is 15.5 Å². The van der Waals surface area contributed by atoms with E-state index in [1.165, 1.54) is 5.57 Å². The number of amides is 5. The van der Waals surface area contributed by atoms with Crippen molar-refractivity contribution in [3.05, 3.63) is 53.1 Å². The lowest BCUT2D eigenvalue weighted by Gasteiger charge is -2.44. The molecule has 2 fully saturated rings. The van der Waals surface area contributed by atoms with Crippen LogP contribution in [0.25, 0.3) is 0 Å². The molecule has 3 aliphatic heterocycles. The number of rotatable bonds is 25. The van der Waals surface area contributed by atoms with Crippen LogP contribution in [0.4, 0.5) is 5.69 Å². The van der Waals surface area contributed by atoms with Crippen LogP contribution in [0.2, 0.25) is 0 Å². The van der Waals surface area contributed by atoms with Crippen molar-refractivity contribution in [2.24, 2.45) is 29.1 Å². The normalized spacial score (nSPS) is 26.1. The molecule has 0 saturated carbocycles. The lowest BCUT2D eigenvalue weighted by molar-refractivity contribution is -0.166. The van der Waals surface area contributed by atoms with Crippen LogP contribution in [0.3, 0.4) is 0 Å². The van der Waals surface area contributed by atoms with E-state index in [2.05, 4.69) is 48.0 Å². The van der Waals surface area contributed by atoms with Crippen molar-refractivity contribution < 1.29 is 67.1 Å². The number of anilines is 1. The summed E-state index contributed by atoms with van der Waals surface area (Å²) >= 11 is 0. The first kappa shape index (κ1) is 51.4. The fourth-order valence-electron chi connectivity index (χ4n) is 9.50. The van der Waals surface area contributed by atoms with Gasteiger partial charge >= 0.3 is 11.9 Å². The Hall–Kier alpha value is -5.01. The van der Waals surface area contributed by atoms with Crippen LogP contribution in [0.15, 0.2) is 42.0 Å². The molecule has 1 aromatic rings. The molecule has 18 nitrogen and oxygen atoms in total. The predicted molar refractivity (Wildman–Crippen MR) is 242 cm³/mol. The third-order valence-corrected chi connectivity index (χ3v) is 13.2. The highest BCUT2D eigenvalue weighted by molar-refractivity contribution is 6.25. The number of aliphatic hydroxyl groups excluding tert-OH is 1. The highest BCUT2D eigenvalue weighted by Gasteiger charge is 2.46. The molecule has 2 saturated heterocycles. The molecular formula is C49H68N4O14. The average molecular weight is 937 g/mol. The molecule has 0 radical (unpaired) electrons. The van der Waals surface area contributed by atoms with Crippen LogP contribution in [-0.2, 0) is 52.4 Å². The van der Waals surface area contributed by atoms with Gasteiger partial charge < -0.3 is 44.2 Å². The Kier molecular flexibility index (Phi) is 18.7. The Morgan fingerprint density at radius 3 is 2.27 bits per heavy atom. The van der Waals surface area contributed by atoms with Crippen LogP contribution < -0.4 is 16.0 Å². The number of esters is 2. The third-order valence-electron chi connectivity index (χ3n) is 13.2. The first-order valence-corrected chi connectivity index (χ1v) is 23.8. The van der Waals surface area contributed by atoms with E-state index in [1.807, 2.05) is 13.8 Å². The van der Waals surface area contributed by atoms with Crippen molar-refractivity contribution in [3.8, 4) is 0 Å². The smallest absolute Gasteiger partial charge is 0.311 e. The molecule has 8 atom stereocenters. The Morgan fingerprint density at radius 1 is 0.896 bits per heavy atom. The number of fused-ring (bicyclic) bond motifs is 2. The number of benzene rings is 1. The molecule has 368 valence electrons. The molecule has 67 heavy (non-hydrogen) atoms. The van der Waals surface area contributed by atoms with Crippen LogP contribution in [0, 0.1) is 29.1 Å². The minimum absolute atomic E-state index is 0.00992. The first-order chi connectivity index (χ1) is 32.1. The van der Waals surface area contributed by atoms with E-state index in [4.69, 9.17) is 28.4 Å². The van der Waals surface area contributed by atoms with Gasteiger partial charge in [0.2, 0.25) is 17.7 Å². The molecule has 0 bridgehead atoms. The molecule has 5 amide bonds. The van der Waals surface area contributed by atoms with Crippen molar-refractivity contribution in [2.75, 3.05) is 71.3 Å².